The Morgan fingerprint density at radius 1 is 1.75 bits per heavy atom. The van der Waals surface area contributed by atoms with Gasteiger partial charge < -0.3 is 14.9 Å². The minimum absolute atomic E-state index is 0.275. The Bertz CT molecular complexity index is 245. The van der Waals surface area contributed by atoms with Crippen molar-refractivity contribution in [1.29, 1.82) is 0 Å². The molecule has 0 saturated heterocycles. The Kier molecular flexibility index (Phi) is 3.35. The van der Waals surface area contributed by atoms with Crippen molar-refractivity contribution >= 4 is 0 Å². The van der Waals surface area contributed by atoms with Crippen molar-refractivity contribution < 1.29 is 9.15 Å². The number of aromatic nitrogens is 1. The molecule has 66 valence electrons. The summed E-state index contributed by atoms with van der Waals surface area (Å²) < 4.78 is 10.1. The Morgan fingerprint density at radius 2 is 2.58 bits per heavy atom. The lowest BCUT2D eigenvalue weighted by Crippen LogP contribution is -1.98. The Labute approximate surface area is 71.0 Å². The van der Waals surface area contributed by atoms with E-state index in [1.54, 1.807) is 6.08 Å². The fraction of sp³-hybridized carbons (Fsp3) is 0.375. The van der Waals surface area contributed by atoms with Crippen molar-refractivity contribution in [1.82, 2.24) is 4.98 Å². The molecule has 0 spiro atoms. The molecule has 12 heavy (non-hydrogen) atoms. The van der Waals surface area contributed by atoms with Crippen LogP contribution in [-0.4, -0.2) is 11.6 Å². The van der Waals surface area contributed by atoms with Gasteiger partial charge in [0.1, 0.15) is 6.26 Å². The highest BCUT2D eigenvalue weighted by atomic mass is 16.6. The van der Waals surface area contributed by atoms with E-state index in [-0.39, 0.29) is 6.08 Å². The zero-order valence-electron chi connectivity index (χ0n) is 6.82. The van der Waals surface area contributed by atoms with Crippen molar-refractivity contribution in [3.8, 4) is 6.08 Å². The molecule has 0 fully saturated rings. The van der Waals surface area contributed by atoms with E-state index in [1.807, 2.05) is 0 Å². The van der Waals surface area contributed by atoms with Gasteiger partial charge in [-0.3, -0.25) is 0 Å². The van der Waals surface area contributed by atoms with E-state index < -0.39 is 0 Å². The van der Waals surface area contributed by atoms with E-state index in [0.29, 0.717) is 18.8 Å². The summed E-state index contributed by atoms with van der Waals surface area (Å²) in [7, 11) is 0. The number of ether oxygens (including phenoxy) is 1. The first-order valence-corrected chi connectivity index (χ1v) is 3.75. The van der Waals surface area contributed by atoms with Crippen molar-refractivity contribution in [2.24, 2.45) is 5.73 Å². The number of nitrogens with zero attached hydrogens (tertiary/aromatic N) is 1. The second-order valence-corrected chi connectivity index (χ2v) is 2.23. The fourth-order valence-corrected chi connectivity index (χ4v) is 0.678. The van der Waals surface area contributed by atoms with E-state index in [2.05, 4.69) is 11.6 Å². The molecule has 0 aliphatic carbocycles. The second-order valence-electron chi connectivity index (χ2n) is 2.23. The molecule has 1 rings (SSSR count). The minimum atomic E-state index is 0.275. The molecule has 0 unspecified atom stereocenters. The predicted molar refractivity (Wildman–Crippen MR) is 44.7 cm³/mol. The molecular formula is C8H12N2O2. The SMILES string of the molecule is C=CCCOc1nc(CN)co1. The van der Waals surface area contributed by atoms with Gasteiger partial charge in [0.05, 0.1) is 12.3 Å². The van der Waals surface area contributed by atoms with Crippen molar-refractivity contribution in [2.75, 3.05) is 6.61 Å². The number of rotatable bonds is 5. The first-order valence-electron chi connectivity index (χ1n) is 3.75. The molecule has 0 aromatic carbocycles. The van der Waals surface area contributed by atoms with E-state index in [1.165, 1.54) is 6.26 Å². The smallest absolute Gasteiger partial charge is 0.393 e. The molecule has 0 atom stereocenters. The van der Waals surface area contributed by atoms with Crippen LogP contribution in [0, 0.1) is 0 Å². The van der Waals surface area contributed by atoms with E-state index in [0.717, 1.165) is 6.42 Å². The summed E-state index contributed by atoms with van der Waals surface area (Å²) in [5.74, 6) is 0. The van der Waals surface area contributed by atoms with E-state index in [4.69, 9.17) is 14.9 Å². The maximum atomic E-state index is 5.32. The van der Waals surface area contributed by atoms with Gasteiger partial charge in [-0.05, 0) is 6.42 Å². The van der Waals surface area contributed by atoms with Gasteiger partial charge in [0.2, 0.25) is 0 Å². The summed E-state index contributed by atoms with van der Waals surface area (Å²) in [6.07, 6.45) is 4.31. The second kappa shape index (κ2) is 4.56. The molecule has 0 aliphatic rings. The number of nitrogens with two attached hydrogens (primary N) is 1. The van der Waals surface area contributed by atoms with Gasteiger partial charge in [0.25, 0.3) is 0 Å². The van der Waals surface area contributed by atoms with Crippen LogP contribution in [0.3, 0.4) is 0 Å². The number of hydrogen-bond donors (Lipinski definition) is 1. The zero-order chi connectivity index (χ0) is 8.81. The van der Waals surface area contributed by atoms with Crippen LogP contribution >= 0.6 is 0 Å². The molecule has 0 saturated carbocycles. The third-order valence-electron chi connectivity index (χ3n) is 1.29. The van der Waals surface area contributed by atoms with Gasteiger partial charge in [0, 0.05) is 6.54 Å². The minimum Gasteiger partial charge on any atom is -0.450 e. The maximum Gasteiger partial charge on any atom is 0.393 e. The quantitative estimate of drug-likeness (QED) is 0.528. The molecule has 0 bridgehead atoms. The third-order valence-corrected chi connectivity index (χ3v) is 1.29. The highest BCUT2D eigenvalue weighted by Gasteiger charge is 2.01. The van der Waals surface area contributed by atoms with Crippen LogP contribution in [0.2, 0.25) is 0 Å². The summed E-state index contributed by atoms with van der Waals surface area (Å²) in [4.78, 5) is 3.95. The molecule has 2 N–H and O–H groups in total. The first kappa shape index (κ1) is 8.80. The van der Waals surface area contributed by atoms with Crippen LogP contribution in [0.4, 0.5) is 0 Å². The van der Waals surface area contributed by atoms with Crippen LogP contribution in [0.15, 0.2) is 23.3 Å². The molecule has 0 aliphatic heterocycles. The van der Waals surface area contributed by atoms with Gasteiger partial charge in [-0.15, -0.1) is 6.58 Å². The summed E-state index contributed by atoms with van der Waals surface area (Å²) >= 11 is 0. The number of hydrogen-bond acceptors (Lipinski definition) is 4. The largest absolute Gasteiger partial charge is 0.450 e. The molecule has 1 aromatic rings. The molecule has 0 amide bonds. The summed E-state index contributed by atoms with van der Waals surface area (Å²) in [6, 6.07) is 0. The van der Waals surface area contributed by atoms with Crippen LogP contribution in [0.1, 0.15) is 12.1 Å². The topological polar surface area (TPSA) is 61.3 Å². The molecular weight excluding hydrogens is 156 g/mol. The average molecular weight is 168 g/mol. The van der Waals surface area contributed by atoms with Crippen LogP contribution in [-0.2, 0) is 6.54 Å². The molecule has 1 aromatic heterocycles. The zero-order valence-corrected chi connectivity index (χ0v) is 6.82. The summed E-state index contributed by atoms with van der Waals surface area (Å²) in [5, 5.41) is 0. The van der Waals surface area contributed by atoms with Crippen LogP contribution < -0.4 is 10.5 Å². The lowest BCUT2D eigenvalue weighted by atomic mass is 10.5. The van der Waals surface area contributed by atoms with E-state index in [9.17, 15) is 0 Å². The molecule has 4 heteroatoms. The van der Waals surface area contributed by atoms with Crippen molar-refractivity contribution in [3.63, 3.8) is 0 Å². The van der Waals surface area contributed by atoms with Crippen LogP contribution in [0.5, 0.6) is 6.08 Å². The first-order chi connectivity index (χ1) is 5.86. The lowest BCUT2D eigenvalue weighted by molar-refractivity contribution is 0.235. The Morgan fingerprint density at radius 3 is 3.17 bits per heavy atom. The normalized spacial score (nSPS) is 9.75. The van der Waals surface area contributed by atoms with Gasteiger partial charge >= 0.3 is 6.08 Å². The fourth-order valence-electron chi connectivity index (χ4n) is 0.678. The van der Waals surface area contributed by atoms with Crippen molar-refractivity contribution in [3.05, 3.63) is 24.6 Å². The monoisotopic (exact) mass is 168 g/mol. The summed E-state index contributed by atoms with van der Waals surface area (Å²) in [6.45, 7) is 4.47. The Balaban J connectivity index is 2.36. The molecule has 0 radical (unpaired) electrons. The third kappa shape index (κ3) is 2.39. The highest BCUT2D eigenvalue weighted by molar-refractivity contribution is 4.98. The van der Waals surface area contributed by atoms with Crippen molar-refractivity contribution in [2.45, 2.75) is 13.0 Å². The Hall–Kier alpha value is -1.29. The summed E-state index contributed by atoms with van der Waals surface area (Å²) in [5.41, 5.74) is 6.02. The standard InChI is InChI=1S/C8H12N2O2/c1-2-3-4-11-8-10-7(5-9)6-12-8/h2,6H,1,3-5,9H2. The average Bonchev–Trinajstić information content (AvgIpc) is 2.53. The maximum absolute atomic E-state index is 5.32. The van der Waals surface area contributed by atoms with Gasteiger partial charge in [-0.2, -0.15) is 4.98 Å². The number of oxazole rings is 1. The highest BCUT2D eigenvalue weighted by Crippen LogP contribution is 2.09. The van der Waals surface area contributed by atoms with Gasteiger partial charge in [-0.1, -0.05) is 6.08 Å². The van der Waals surface area contributed by atoms with Gasteiger partial charge in [0.15, 0.2) is 0 Å². The van der Waals surface area contributed by atoms with Crippen LogP contribution in [0.25, 0.3) is 0 Å². The van der Waals surface area contributed by atoms with E-state index >= 15 is 0 Å². The molecule has 1 heterocycles. The molecule has 4 nitrogen and oxygen atoms in total. The lowest BCUT2D eigenvalue weighted by Gasteiger charge is -1.95. The predicted octanol–water partition coefficient (Wildman–Crippen LogP) is 1.09. The van der Waals surface area contributed by atoms with Gasteiger partial charge in [-0.25, -0.2) is 0 Å².